The molecular weight excluding hydrogens is 330 g/mol. The monoisotopic (exact) mass is 363 g/mol. The molecule has 0 fully saturated rings. The van der Waals surface area contributed by atoms with Crippen molar-refractivity contribution in [1.82, 2.24) is 5.32 Å². The molecule has 26 heavy (non-hydrogen) atoms. The van der Waals surface area contributed by atoms with Gasteiger partial charge in [0, 0.05) is 6.54 Å². The topological polar surface area (TPSA) is 56.8 Å². The Hall–Kier alpha value is -2.17. The summed E-state index contributed by atoms with van der Waals surface area (Å²) < 4.78 is 16.7. The summed E-state index contributed by atoms with van der Waals surface area (Å²) in [5, 5.41) is 2.78. The molecule has 1 amide bonds. The molecule has 1 N–H and O–H groups in total. The Balaban J connectivity index is 2.61. The van der Waals surface area contributed by atoms with Crippen LogP contribution in [0, 0.1) is 5.92 Å². The summed E-state index contributed by atoms with van der Waals surface area (Å²) >= 11 is 0. The van der Waals surface area contributed by atoms with Gasteiger partial charge in [-0.3, -0.25) is 0 Å². The van der Waals surface area contributed by atoms with Gasteiger partial charge in [-0.25, -0.2) is 4.79 Å². The standard InChI is InChI=1S/C21H33NO4/c1-15(2)19(16(3)24-7)25-18-13-9-8-11-17(18)12-10-14-22-20(23)26-21(4,5)6/h8-9,11,13,15,19H,3,10,12,14H2,1-2,4-7H3,(H,22,23)/t19-/m1/s1. The molecule has 0 spiro atoms. The number of carbonyl (C=O) groups excluding carboxylic acids is 1. The smallest absolute Gasteiger partial charge is 0.407 e. The molecule has 1 aromatic rings. The van der Waals surface area contributed by atoms with E-state index in [0.717, 1.165) is 24.2 Å². The Kier molecular flexibility index (Phi) is 8.49. The number of para-hydroxylation sites is 1. The van der Waals surface area contributed by atoms with Crippen molar-refractivity contribution in [2.75, 3.05) is 13.7 Å². The second-order valence-electron chi connectivity index (χ2n) is 7.59. The fourth-order valence-electron chi connectivity index (χ4n) is 2.44. The largest absolute Gasteiger partial charge is 0.498 e. The van der Waals surface area contributed by atoms with Crippen LogP contribution in [0.5, 0.6) is 5.75 Å². The van der Waals surface area contributed by atoms with Crippen molar-refractivity contribution < 1.29 is 19.0 Å². The van der Waals surface area contributed by atoms with E-state index in [0.29, 0.717) is 12.3 Å². The van der Waals surface area contributed by atoms with Gasteiger partial charge in [-0.15, -0.1) is 0 Å². The van der Waals surface area contributed by atoms with Crippen LogP contribution in [-0.2, 0) is 15.9 Å². The highest BCUT2D eigenvalue weighted by Crippen LogP contribution is 2.25. The molecular formula is C21H33NO4. The molecule has 0 aromatic heterocycles. The number of hydrogen-bond donors (Lipinski definition) is 1. The summed E-state index contributed by atoms with van der Waals surface area (Å²) in [4.78, 5) is 11.7. The third kappa shape index (κ3) is 7.81. The number of nitrogens with one attached hydrogen (secondary N) is 1. The molecule has 5 heteroatoms. The Morgan fingerprint density at radius 3 is 2.46 bits per heavy atom. The van der Waals surface area contributed by atoms with Crippen LogP contribution in [0.3, 0.4) is 0 Å². The van der Waals surface area contributed by atoms with Crippen molar-refractivity contribution in [3.05, 3.63) is 42.2 Å². The maximum atomic E-state index is 11.7. The van der Waals surface area contributed by atoms with Gasteiger partial charge < -0.3 is 19.5 Å². The van der Waals surface area contributed by atoms with Crippen molar-refractivity contribution in [1.29, 1.82) is 0 Å². The number of benzene rings is 1. The lowest BCUT2D eigenvalue weighted by Gasteiger charge is -2.25. The van der Waals surface area contributed by atoms with Gasteiger partial charge in [-0.05, 0) is 51.2 Å². The summed E-state index contributed by atoms with van der Waals surface area (Å²) in [7, 11) is 1.61. The summed E-state index contributed by atoms with van der Waals surface area (Å²) in [5.74, 6) is 1.67. The van der Waals surface area contributed by atoms with Crippen LogP contribution in [0.1, 0.15) is 46.6 Å². The molecule has 0 unspecified atom stereocenters. The lowest BCUT2D eigenvalue weighted by atomic mass is 10.0. The predicted molar refractivity (Wildman–Crippen MR) is 104 cm³/mol. The molecule has 0 radical (unpaired) electrons. The fraction of sp³-hybridized carbons (Fsp3) is 0.571. The number of carbonyl (C=O) groups is 1. The van der Waals surface area contributed by atoms with E-state index in [9.17, 15) is 4.79 Å². The van der Waals surface area contributed by atoms with E-state index in [4.69, 9.17) is 14.2 Å². The molecule has 0 saturated carbocycles. The van der Waals surface area contributed by atoms with Crippen molar-refractivity contribution in [3.63, 3.8) is 0 Å². The second-order valence-corrected chi connectivity index (χ2v) is 7.59. The Labute approximate surface area is 157 Å². The number of aryl methyl sites for hydroxylation is 1. The number of alkyl carbamates (subject to hydrolysis) is 1. The molecule has 0 bridgehead atoms. The van der Waals surface area contributed by atoms with Crippen LogP contribution in [0.4, 0.5) is 4.79 Å². The van der Waals surface area contributed by atoms with Gasteiger partial charge in [0.2, 0.25) is 0 Å². The first kappa shape index (κ1) is 21.9. The summed E-state index contributed by atoms with van der Waals surface area (Å²) in [6, 6.07) is 7.93. The Morgan fingerprint density at radius 1 is 1.23 bits per heavy atom. The van der Waals surface area contributed by atoms with Crippen LogP contribution in [-0.4, -0.2) is 31.5 Å². The fourth-order valence-corrected chi connectivity index (χ4v) is 2.44. The molecule has 1 atom stereocenters. The minimum absolute atomic E-state index is 0.207. The van der Waals surface area contributed by atoms with Crippen LogP contribution in [0.2, 0.25) is 0 Å². The van der Waals surface area contributed by atoms with E-state index in [1.807, 2.05) is 45.0 Å². The van der Waals surface area contributed by atoms with Gasteiger partial charge in [0.05, 0.1) is 7.11 Å². The number of hydrogen-bond acceptors (Lipinski definition) is 4. The molecule has 0 saturated heterocycles. The second kappa shape index (κ2) is 10.1. The summed E-state index contributed by atoms with van der Waals surface area (Å²) in [6.07, 6.45) is 0.979. The summed E-state index contributed by atoms with van der Waals surface area (Å²) in [5.41, 5.74) is 0.605. The molecule has 146 valence electrons. The number of methoxy groups -OCH3 is 1. The molecule has 5 nitrogen and oxygen atoms in total. The number of rotatable bonds is 9. The van der Waals surface area contributed by atoms with Gasteiger partial charge in [-0.2, -0.15) is 0 Å². The third-order valence-electron chi connectivity index (χ3n) is 3.70. The van der Waals surface area contributed by atoms with Gasteiger partial charge in [0.1, 0.15) is 17.1 Å². The maximum absolute atomic E-state index is 11.7. The lowest BCUT2D eigenvalue weighted by molar-refractivity contribution is 0.0527. The molecule has 0 aliphatic heterocycles. The zero-order valence-electron chi connectivity index (χ0n) is 16.9. The maximum Gasteiger partial charge on any atom is 0.407 e. The van der Waals surface area contributed by atoms with E-state index >= 15 is 0 Å². The van der Waals surface area contributed by atoms with E-state index in [1.54, 1.807) is 7.11 Å². The van der Waals surface area contributed by atoms with Crippen LogP contribution in [0.15, 0.2) is 36.6 Å². The normalized spacial score (nSPS) is 12.4. The van der Waals surface area contributed by atoms with Crippen molar-refractivity contribution >= 4 is 6.09 Å². The van der Waals surface area contributed by atoms with Gasteiger partial charge in [0.15, 0.2) is 6.10 Å². The van der Waals surface area contributed by atoms with Crippen molar-refractivity contribution in [2.24, 2.45) is 5.92 Å². The molecule has 0 aliphatic carbocycles. The Bertz CT molecular complexity index is 590. The van der Waals surface area contributed by atoms with E-state index < -0.39 is 11.7 Å². The van der Waals surface area contributed by atoms with E-state index in [2.05, 4.69) is 25.7 Å². The first-order valence-electron chi connectivity index (χ1n) is 9.08. The van der Waals surface area contributed by atoms with E-state index in [-0.39, 0.29) is 12.0 Å². The minimum atomic E-state index is -0.486. The van der Waals surface area contributed by atoms with Crippen molar-refractivity contribution in [2.45, 2.75) is 59.2 Å². The zero-order chi connectivity index (χ0) is 19.7. The van der Waals surface area contributed by atoms with Crippen LogP contribution in [0.25, 0.3) is 0 Å². The van der Waals surface area contributed by atoms with Crippen LogP contribution < -0.4 is 10.1 Å². The molecule has 1 aromatic carbocycles. The molecule has 0 heterocycles. The Morgan fingerprint density at radius 2 is 1.88 bits per heavy atom. The molecule has 1 rings (SSSR count). The van der Waals surface area contributed by atoms with Gasteiger partial charge in [0.25, 0.3) is 0 Å². The SMILES string of the molecule is C=C(OC)[C@H](Oc1ccccc1CCCNC(=O)OC(C)(C)C)C(C)C. The van der Waals surface area contributed by atoms with Crippen molar-refractivity contribution in [3.8, 4) is 5.75 Å². The van der Waals surface area contributed by atoms with Gasteiger partial charge in [-0.1, -0.05) is 38.6 Å². The predicted octanol–water partition coefficient (Wildman–Crippen LogP) is 4.71. The summed E-state index contributed by atoms with van der Waals surface area (Å²) in [6.45, 7) is 14.2. The van der Waals surface area contributed by atoms with Crippen LogP contribution >= 0.6 is 0 Å². The first-order valence-corrected chi connectivity index (χ1v) is 9.08. The quantitative estimate of drug-likeness (QED) is 0.510. The molecule has 0 aliphatic rings. The highest BCUT2D eigenvalue weighted by Gasteiger charge is 2.21. The lowest BCUT2D eigenvalue weighted by Crippen LogP contribution is -2.33. The zero-order valence-corrected chi connectivity index (χ0v) is 16.9. The highest BCUT2D eigenvalue weighted by atomic mass is 16.6. The number of ether oxygens (including phenoxy) is 3. The average Bonchev–Trinajstić information content (AvgIpc) is 2.55. The average molecular weight is 363 g/mol. The third-order valence-corrected chi connectivity index (χ3v) is 3.70. The highest BCUT2D eigenvalue weighted by molar-refractivity contribution is 5.67. The van der Waals surface area contributed by atoms with E-state index in [1.165, 1.54) is 0 Å². The first-order chi connectivity index (χ1) is 12.1. The number of amides is 1. The van der Waals surface area contributed by atoms with Gasteiger partial charge >= 0.3 is 6.09 Å². The minimum Gasteiger partial charge on any atom is -0.498 e.